The van der Waals surface area contributed by atoms with Crippen molar-refractivity contribution in [3.8, 4) is 0 Å². The second kappa shape index (κ2) is 7.38. The molecule has 1 aliphatic heterocycles. The van der Waals surface area contributed by atoms with Gasteiger partial charge in [-0.3, -0.25) is 14.7 Å². The summed E-state index contributed by atoms with van der Waals surface area (Å²) in [5.41, 5.74) is 3.14. The molecule has 1 amide bonds. The Balaban J connectivity index is 2.12. The van der Waals surface area contributed by atoms with Crippen molar-refractivity contribution in [1.29, 1.82) is 0 Å². The molecule has 2 aromatic carbocycles. The van der Waals surface area contributed by atoms with Gasteiger partial charge < -0.3 is 4.55 Å². The lowest BCUT2D eigenvalue weighted by atomic mass is 10.0. The quantitative estimate of drug-likeness (QED) is 0.786. The first-order chi connectivity index (χ1) is 11.6. The number of anilines is 1. The molecule has 2 aromatic rings. The number of amides is 1. The van der Waals surface area contributed by atoms with Crippen LogP contribution in [0.4, 0.5) is 5.69 Å². The molecule has 1 unspecified atom stereocenters. The lowest BCUT2D eigenvalue weighted by Gasteiger charge is -2.23. The predicted molar refractivity (Wildman–Crippen MR) is 99.4 cm³/mol. The minimum absolute atomic E-state index is 0.0252. The first-order valence-corrected chi connectivity index (χ1v) is 9.52. The SMILES string of the molecule is CC[S+]([O-])CN1C(=O)CN=C(c2ccccc2)c2cc(Cl)ccc21. The number of nitrogens with zero attached hydrogens (tertiary/aromatic N) is 2. The first kappa shape index (κ1) is 17.0. The largest absolute Gasteiger partial charge is 0.615 e. The number of halogens is 1. The number of fused-ring (bicyclic) bond motifs is 1. The lowest BCUT2D eigenvalue weighted by Crippen LogP contribution is -2.37. The molecule has 0 radical (unpaired) electrons. The van der Waals surface area contributed by atoms with Crippen LogP contribution in [0.2, 0.25) is 5.02 Å². The first-order valence-electron chi connectivity index (χ1n) is 7.65. The molecule has 0 saturated carbocycles. The van der Waals surface area contributed by atoms with Gasteiger partial charge in [-0.05, 0) is 36.3 Å². The number of rotatable bonds is 4. The van der Waals surface area contributed by atoms with E-state index in [0.717, 1.165) is 16.8 Å². The Morgan fingerprint density at radius 1 is 1.25 bits per heavy atom. The molecule has 24 heavy (non-hydrogen) atoms. The predicted octanol–water partition coefficient (Wildman–Crippen LogP) is 3.25. The highest BCUT2D eigenvalue weighted by Gasteiger charge is 2.28. The molecule has 1 aliphatic rings. The summed E-state index contributed by atoms with van der Waals surface area (Å²) in [7, 11) is 0. The highest BCUT2D eigenvalue weighted by molar-refractivity contribution is 7.91. The Morgan fingerprint density at radius 3 is 2.71 bits per heavy atom. The monoisotopic (exact) mass is 360 g/mol. The zero-order valence-electron chi connectivity index (χ0n) is 13.2. The molecule has 3 rings (SSSR count). The molecule has 0 spiro atoms. The van der Waals surface area contributed by atoms with E-state index in [1.807, 2.05) is 43.3 Å². The summed E-state index contributed by atoms with van der Waals surface area (Å²) in [4.78, 5) is 18.6. The van der Waals surface area contributed by atoms with Gasteiger partial charge in [0.25, 0.3) is 5.91 Å². The zero-order valence-corrected chi connectivity index (χ0v) is 14.8. The Morgan fingerprint density at radius 2 is 2.00 bits per heavy atom. The van der Waals surface area contributed by atoms with E-state index in [2.05, 4.69) is 4.99 Å². The maximum atomic E-state index is 12.5. The molecular weight excluding hydrogens is 344 g/mol. The maximum Gasteiger partial charge on any atom is 0.252 e. The zero-order chi connectivity index (χ0) is 17.1. The second-order valence-electron chi connectivity index (χ2n) is 5.37. The standard InChI is InChI=1S/C18H17ClN2O2S/c1-2-24(23)12-21-16-9-8-14(19)10-15(16)18(20-11-17(21)22)13-6-4-3-5-7-13/h3-10H,2,11-12H2,1H3. The van der Waals surface area contributed by atoms with Crippen molar-refractivity contribution < 1.29 is 9.35 Å². The van der Waals surface area contributed by atoms with Gasteiger partial charge in [-0.15, -0.1) is 0 Å². The maximum absolute atomic E-state index is 12.5. The van der Waals surface area contributed by atoms with E-state index >= 15 is 0 Å². The molecule has 1 atom stereocenters. The van der Waals surface area contributed by atoms with Crippen molar-refractivity contribution in [3.05, 3.63) is 64.7 Å². The molecule has 6 heteroatoms. The number of carbonyl (C=O) groups is 1. The molecule has 124 valence electrons. The van der Waals surface area contributed by atoms with E-state index in [-0.39, 0.29) is 18.3 Å². The van der Waals surface area contributed by atoms with E-state index in [0.29, 0.717) is 16.5 Å². The summed E-state index contributed by atoms with van der Waals surface area (Å²) in [5.74, 6) is 0.506. The third kappa shape index (κ3) is 3.48. The highest BCUT2D eigenvalue weighted by atomic mass is 35.5. The normalized spacial score (nSPS) is 15.5. The van der Waals surface area contributed by atoms with Gasteiger partial charge in [-0.2, -0.15) is 0 Å². The van der Waals surface area contributed by atoms with Crippen molar-refractivity contribution in [3.63, 3.8) is 0 Å². The van der Waals surface area contributed by atoms with Crippen molar-refractivity contribution in [2.24, 2.45) is 4.99 Å². The smallest absolute Gasteiger partial charge is 0.252 e. The van der Waals surface area contributed by atoms with E-state index in [9.17, 15) is 9.35 Å². The van der Waals surface area contributed by atoms with Crippen LogP contribution in [0.25, 0.3) is 0 Å². The summed E-state index contributed by atoms with van der Waals surface area (Å²) in [6.07, 6.45) is 0. The lowest BCUT2D eigenvalue weighted by molar-refractivity contribution is -0.117. The summed E-state index contributed by atoms with van der Waals surface area (Å²) in [6, 6.07) is 15.0. The minimum Gasteiger partial charge on any atom is -0.615 e. The number of hydrogen-bond acceptors (Lipinski definition) is 3. The van der Waals surface area contributed by atoms with E-state index < -0.39 is 11.2 Å². The van der Waals surface area contributed by atoms with Gasteiger partial charge in [0.15, 0.2) is 5.88 Å². The van der Waals surface area contributed by atoms with Gasteiger partial charge in [-0.25, -0.2) is 0 Å². The Labute approximate surface area is 149 Å². The van der Waals surface area contributed by atoms with Crippen LogP contribution >= 0.6 is 11.6 Å². The average molecular weight is 361 g/mol. The van der Waals surface area contributed by atoms with Gasteiger partial charge in [0.2, 0.25) is 0 Å². The molecule has 0 N–H and O–H groups in total. The highest BCUT2D eigenvalue weighted by Crippen LogP contribution is 2.30. The Bertz CT molecular complexity index is 780. The van der Waals surface area contributed by atoms with Crippen LogP contribution in [-0.2, 0) is 16.0 Å². The number of aliphatic imine (C=N–C) groups is 1. The Hall–Kier alpha value is -1.82. The number of carbonyl (C=O) groups excluding carboxylic acids is 1. The fourth-order valence-electron chi connectivity index (χ4n) is 2.60. The van der Waals surface area contributed by atoms with E-state index in [4.69, 9.17) is 11.6 Å². The van der Waals surface area contributed by atoms with Crippen LogP contribution in [0, 0.1) is 0 Å². The summed E-state index contributed by atoms with van der Waals surface area (Å²) in [6.45, 7) is 1.87. The summed E-state index contributed by atoms with van der Waals surface area (Å²) >= 11 is 5.08. The minimum atomic E-state index is -1.10. The Kier molecular flexibility index (Phi) is 5.23. The summed E-state index contributed by atoms with van der Waals surface area (Å²) in [5, 5.41) is 0.572. The van der Waals surface area contributed by atoms with Crippen molar-refractivity contribution in [1.82, 2.24) is 0 Å². The molecular formula is C18H17ClN2O2S. The van der Waals surface area contributed by atoms with Gasteiger partial charge >= 0.3 is 0 Å². The molecule has 1 heterocycles. The van der Waals surface area contributed by atoms with Gasteiger partial charge in [-0.1, -0.05) is 41.9 Å². The average Bonchev–Trinajstić information content (AvgIpc) is 2.73. The topological polar surface area (TPSA) is 55.7 Å². The van der Waals surface area contributed by atoms with Crippen LogP contribution in [0.15, 0.2) is 53.5 Å². The molecule has 0 aliphatic carbocycles. The van der Waals surface area contributed by atoms with Crippen LogP contribution in [0.3, 0.4) is 0 Å². The van der Waals surface area contributed by atoms with Gasteiger partial charge in [0, 0.05) is 16.1 Å². The molecule has 0 aromatic heterocycles. The van der Waals surface area contributed by atoms with Crippen molar-refractivity contribution in [2.45, 2.75) is 6.92 Å². The summed E-state index contributed by atoms with van der Waals surface area (Å²) < 4.78 is 12.0. The third-order valence-corrected chi connectivity index (χ3v) is 5.25. The third-order valence-electron chi connectivity index (χ3n) is 3.82. The van der Waals surface area contributed by atoms with Gasteiger partial charge in [0.1, 0.15) is 12.3 Å². The van der Waals surface area contributed by atoms with Crippen LogP contribution < -0.4 is 4.90 Å². The fraction of sp³-hybridized carbons (Fsp3) is 0.222. The van der Waals surface area contributed by atoms with Crippen LogP contribution in [0.1, 0.15) is 18.1 Å². The molecule has 0 fully saturated rings. The number of benzodiazepines with no additional fused rings is 1. The van der Waals surface area contributed by atoms with Crippen molar-refractivity contribution in [2.75, 3.05) is 23.1 Å². The number of hydrogen-bond donors (Lipinski definition) is 0. The van der Waals surface area contributed by atoms with Crippen LogP contribution in [0.5, 0.6) is 0 Å². The van der Waals surface area contributed by atoms with Crippen LogP contribution in [-0.4, -0.2) is 34.3 Å². The molecule has 0 saturated heterocycles. The van der Waals surface area contributed by atoms with E-state index in [1.54, 1.807) is 17.0 Å². The van der Waals surface area contributed by atoms with Crippen molar-refractivity contribution >= 4 is 40.1 Å². The second-order valence-corrected chi connectivity index (χ2v) is 7.52. The van der Waals surface area contributed by atoms with Gasteiger partial charge in [0.05, 0.1) is 11.4 Å². The fourth-order valence-corrected chi connectivity index (χ4v) is 3.53. The molecule has 0 bridgehead atoms. The number of benzene rings is 2. The van der Waals surface area contributed by atoms with E-state index in [1.165, 1.54) is 0 Å². The molecule has 4 nitrogen and oxygen atoms in total.